The maximum absolute atomic E-state index is 12.6. The summed E-state index contributed by atoms with van der Waals surface area (Å²) in [5, 5.41) is 3.28. The maximum atomic E-state index is 12.6. The van der Waals surface area contributed by atoms with Crippen molar-refractivity contribution in [1.29, 1.82) is 0 Å². The lowest BCUT2D eigenvalue weighted by atomic mass is 10.2. The Morgan fingerprint density at radius 3 is 2.35 bits per heavy atom. The minimum absolute atomic E-state index is 0.207. The predicted molar refractivity (Wildman–Crippen MR) is 99.4 cm³/mol. The molecule has 26 heavy (non-hydrogen) atoms. The van der Waals surface area contributed by atoms with Crippen molar-refractivity contribution in [1.82, 2.24) is 14.9 Å². The molecule has 1 fully saturated rings. The molecular formula is C17H20ClN5O3. The van der Waals surface area contributed by atoms with E-state index in [0.29, 0.717) is 54.3 Å². The molecule has 1 aromatic carbocycles. The number of carbonyl (C=O) groups excluding carboxylic acids is 1. The second-order valence-electron chi connectivity index (χ2n) is 5.64. The lowest BCUT2D eigenvalue weighted by Gasteiger charge is -2.34. The molecule has 2 aromatic rings. The number of rotatable bonds is 4. The number of carbonyl (C=O) groups is 1. The predicted octanol–water partition coefficient (Wildman–Crippen LogP) is 2.50. The Bertz CT molecular complexity index is 766. The molecule has 0 spiro atoms. The van der Waals surface area contributed by atoms with Gasteiger partial charge in [-0.25, -0.2) is 14.8 Å². The van der Waals surface area contributed by atoms with Crippen LogP contribution in [0.5, 0.6) is 11.5 Å². The van der Waals surface area contributed by atoms with Crippen molar-refractivity contribution in [3.63, 3.8) is 0 Å². The maximum Gasteiger partial charge on any atom is 0.322 e. The van der Waals surface area contributed by atoms with Crippen LogP contribution >= 0.6 is 11.6 Å². The molecular weight excluding hydrogens is 358 g/mol. The zero-order chi connectivity index (χ0) is 18.5. The third-order valence-electron chi connectivity index (χ3n) is 4.12. The number of urea groups is 1. The van der Waals surface area contributed by atoms with Gasteiger partial charge in [0.1, 0.15) is 11.5 Å². The second kappa shape index (κ2) is 8.09. The molecule has 2 amide bonds. The van der Waals surface area contributed by atoms with Crippen LogP contribution in [-0.4, -0.2) is 61.3 Å². The van der Waals surface area contributed by atoms with Gasteiger partial charge in [-0.3, -0.25) is 0 Å². The van der Waals surface area contributed by atoms with Crippen molar-refractivity contribution in [3.8, 4) is 11.5 Å². The van der Waals surface area contributed by atoms with Crippen molar-refractivity contribution in [2.45, 2.75) is 0 Å². The molecule has 0 bridgehead atoms. The third kappa shape index (κ3) is 3.91. The number of anilines is 2. The third-order valence-corrected chi connectivity index (χ3v) is 4.41. The summed E-state index contributed by atoms with van der Waals surface area (Å²) in [6.45, 7) is 2.46. The van der Waals surface area contributed by atoms with E-state index in [2.05, 4.69) is 20.2 Å². The molecule has 1 aliphatic rings. The number of piperazine rings is 1. The van der Waals surface area contributed by atoms with Crippen LogP contribution in [0.4, 0.5) is 16.4 Å². The van der Waals surface area contributed by atoms with E-state index < -0.39 is 0 Å². The lowest BCUT2D eigenvalue weighted by molar-refractivity contribution is 0.208. The normalized spacial score (nSPS) is 14.1. The number of ether oxygens (including phenoxy) is 2. The van der Waals surface area contributed by atoms with Crippen LogP contribution < -0.4 is 19.7 Å². The van der Waals surface area contributed by atoms with Gasteiger partial charge in [-0.15, -0.1) is 0 Å². The Balaban J connectivity index is 1.64. The molecule has 0 radical (unpaired) electrons. The number of methoxy groups -OCH3 is 2. The molecule has 0 saturated carbocycles. The summed E-state index contributed by atoms with van der Waals surface area (Å²) < 4.78 is 10.5. The van der Waals surface area contributed by atoms with Crippen molar-refractivity contribution in [2.75, 3.05) is 50.6 Å². The molecule has 1 aliphatic heterocycles. The Labute approximate surface area is 156 Å². The monoisotopic (exact) mass is 377 g/mol. The molecule has 3 rings (SSSR count). The fourth-order valence-electron chi connectivity index (χ4n) is 2.72. The summed E-state index contributed by atoms with van der Waals surface area (Å²) in [7, 11) is 3.04. The minimum Gasteiger partial charge on any atom is -0.495 e. The van der Waals surface area contributed by atoms with E-state index in [1.54, 1.807) is 35.5 Å². The summed E-state index contributed by atoms with van der Waals surface area (Å²) in [5.41, 5.74) is 0.507. The van der Waals surface area contributed by atoms with Crippen molar-refractivity contribution in [3.05, 3.63) is 35.6 Å². The average Bonchev–Trinajstić information content (AvgIpc) is 2.69. The number of hydrogen-bond acceptors (Lipinski definition) is 6. The summed E-state index contributed by atoms with van der Waals surface area (Å²) in [5.74, 6) is 1.62. The van der Waals surface area contributed by atoms with Gasteiger partial charge in [0.25, 0.3) is 0 Å². The highest BCUT2D eigenvalue weighted by molar-refractivity contribution is 6.32. The van der Waals surface area contributed by atoms with Gasteiger partial charge in [0.15, 0.2) is 0 Å². The Kier molecular flexibility index (Phi) is 5.62. The first-order valence-corrected chi connectivity index (χ1v) is 8.49. The number of halogens is 1. The van der Waals surface area contributed by atoms with Crippen LogP contribution in [0.1, 0.15) is 0 Å². The number of nitrogens with one attached hydrogen (secondary N) is 1. The van der Waals surface area contributed by atoms with Crippen molar-refractivity contribution in [2.24, 2.45) is 0 Å². The topological polar surface area (TPSA) is 79.8 Å². The molecule has 9 heteroatoms. The molecule has 2 heterocycles. The van der Waals surface area contributed by atoms with E-state index in [1.807, 2.05) is 0 Å². The van der Waals surface area contributed by atoms with Crippen molar-refractivity contribution < 1.29 is 14.3 Å². The molecule has 1 saturated heterocycles. The molecule has 8 nitrogen and oxygen atoms in total. The SMILES string of the molecule is COc1cc(NC(=O)N2CCN(c3ncccn3)CC2)c(OC)cc1Cl. The van der Waals surface area contributed by atoms with Gasteiger partial charge in [0.2, 0.25) is 5.95 Å². The minimum atomic E-state index is -0.207. The largest absolute Gasteiger partial charge is 0.495 e. The lowest BCUT2D eigenvalue weighted by Crippen LogP contribution is -2.50. The summed E-state index contributed by atoms with van der Waals surface area (Å²) in [4.78, 5) is 24.9. The van der Waals surface area contributed by atoms with E-state index >= 15 is 0 Å². The Morgan fingerprint density at radius 2 is 1.73 bits per heavy atom. The van der Waals surface area contributed by atoms with Crippen LogP contribution in [0.15, 0.2) is 30.6 Å². The van der Waals surface area contributed by atoms with Crippen LogP contribution in [0.25, 0.3) is 0 Å². The molecule has 0 unspecified atom stereocenters. The van der Waals surface area contributed by atoms with Gasteiger partial charge >= 0.3 is 6.03 Å². The van der Waals surface area contributed by atoms with E-state index in [9.17, 15) is 4.79 Å². The van der Waals surface area contributed by atoms with E-state index in [1.165, 1.54) is 14.2 Å². The molecule has 0 aliphatic carbocycles. The fourth-order valence-corrected chi connectivity index (χ4v) is 2.95. The second-order valence-corrected chi connectivity index (χ2v) is 6.05. The first kappa shape index (κ1) is 18.1. The highest BCUT2D eigenvalue weighted by Crippen LogP contribution is 2.36. The van der Waals surface area contributed by atoms with Gasteiger partial charge in [0.05, 0.1) is 24.9 Å². The van der Waals surface area contributed by atoms with Gasteiger partial charge < -0.3 is 24.6 Å². The highest BCUT2D eigenvalue weighted by Gasteiger charge is 2.23. The standard InChI is InChI=1S/C17H20ClN5O3/c1-25-14-11-13(15(26-2)10-12(14)18)21-17(24)23-8-6-22(7-9-23)16-19-4-3-5-20-16/h3-5,10-11H,6-9H2,1-2H3,(H,21,24). The van der Waals surface area contributed by atoms with Crippen LogP contribution in [0, 0.1) is 0 Å². The molecule has 0 atom stereocenters. The van der Waals surface area contributed by atoms with Crippen LogP contribution in [0.3, 0.4) is 0 Å². The zero-order valence-electron chi connectivity index (χ0n) is 14.6. The van der Waals surface area contributed by atoms with Crippen molar-refractivity contribution >= 4 is 29.3 Å². The number of aromatic nitrogens is 2. The number of amides is 2. The molecule has 1 N–H and O–H groups in total. The molecule has 1 aromatic heterocycles. The van der Waals surface area contributed by atoms with Gasteiger partial charge in [-0.1, -0.05) is 11.6 Å². The quantitative estimate of drug-likeness (QED) is 0.881. The average molecular weight is 378 g/mol. The first-order valence-electron chi connectivity index (χ1n) is 8.11. The first-order chi connectivity index (χ1) is 12.6. The summed E-state index contributed by atoms with van der Waals surface area (Å²) in [6.07, 6.45) is 3.42. The Hall–Kier alpha value is -2.74. The molecule has 138 valence electrons. The smallest absolute Gasteiger partial charge is 0.322 e. The number of hydrogen-bond donors (Lipinski definition) is 1. The van der Waals surface area contributed by atoms with Crippen LogP contribution in [-0.2, 0) is 0 Å². The van der Waals surface area contributed by atoms with Gasteiger partial charge in [-0.05, 0) is 6.07 Å². The van der Waals surface area contributed by atoms with E-state index in [0.717, 1.165) is 0 Å². The zero-order valence-corrected chi connectivity index (χ0v) is 15.4. The summed E-state index contributed by atoms with van der Waals surface area (Å²) in [6, 6.07) is 4.83. The number of nitrogens with zero attached hydrogens (tertiary/aromatic N) is 4. The number of benzene rings is 1. The van der Waals surface area contributed by atoms with E-state index in [-0.39, 0.29) is 6.03 Å². The van der Waals surface area contributed by atoms with Gasteiger partial charge in [-0.2, -0.15) is 0 Å². The van der Waals surface area contributed by atoms with Gasteiger partial charge in [0, 0.05) is 50.7 Å². The Morgan fingerprint density at radius 1 is 1.08 bits per heavy atom. The van der Waals surface area contributed by atoms with Crippen LogP contribution in [0.2, 0.25) is 5.02 Å². The highest BCUT2D eigenvalue weighted by atomic mass is 35.5. The summed E-state index contributed by atoms with van der Waals surface area (Å²) >= 11 is 6.09. The fraction of sp³-hybridized carbons (Fsp3) is 0.353. The van der Waals surface area contributed by atoms with E-state index in [4.69, 9.17) is 21.1 Å².